The van der Waals surface area contributed by atoms with Crippen LogP contribution in [0.5, 0.6) is 0 Å². The van der Waals surface area contributed by atoms with E-state index in [2.05, 4.69) is 19.2 Å². The van der Waals surface area contributed by atoms with E-state index in [1.54, 1.807) is 6.08 Å². The summed E-state index contributed by atoms with van der Waals surface area (Å²) >= 11 is 0. The van der Waals surface area contributed by atoms with Crippen LogP contribution in [-0.2, 0) is 18.4 Å². The monoisotopic (exact) mass is 1010 g/mol. The quantitative estimate of drug-likeness (QED) is 0.0272. The van der Waals surface area contributed by atoms with Crippen molar-refractivity contribution in [3.8, 4) is 0 Å². The molecule has 70 heavy (non-hydrogen) atoms. The molecule has 8 nitrogen and oxygen atoms in total. The maximum absolute atomic E-state index is 13.0. The lowest BCUT2D eigenvalue weighted by atomic mass is 10.0. The van der Waals surface area contributed by atoms with Gasteiger partial charge < -0.3 is 28.8 Å². The molecule has 0 saturated heterocycles. The number of likely N-dealkylation sites (N-methyl/N-ethyl adjacent to an activating group) is 1. The van der Waals surface area contributed by atoms with E-state index in [9.17, 15) is 19.4 Å². The summed E-state index contributed by atoms with van der Waals surface area (Å²) in [5.41, 5.74) is 0. The zero-order valence-electron chi connectivity index (χ0n) is 47.8. The fraction of sp³-hybridized carbons (Fsp3) is 0.951. The van der Waals surface area contributed by atoms with E-state index in [-0.39, 0.29) is 19.1 Å². The van der Waals surface area contributed by atoms with Gasteiger partial charge in [0.25, 0.3) is 7.82 Å². The minimum atomic E-state index is -4.59. The van der Waals surface area contributed by atoms with Crippen molar-refractivity contribution in [3.05, 3.63) is 12.2 Å². The molecule has 0 aromatic rings. The lowest BCUT2D eigenvalue weighted by molar-refractivity contribution is -0.870. The Morgan fingerprint density at radius 3 is 1.07 bits per heavy atom. The van der Waals surface area contributed by atoms with Crippen LogP contribution in [0.2, 0.25) is 0 Å². The van der Waals surface area contributed by atoms with E-state index in [0.717, 1.165) is 38.5 Å². The number of amides is 1. The molecule has 0 aromatic heterocycles. The van der Waals surface area contributed by atoms with Gasteiger partial charge in [0.2, 0.25) is 5.91 Å². The number of carbonyl (C=O) groups excluding carboxylic acids is 1. The molecule has 0 bridgehead atoms. The molecule has 0 aliphatic rings. The number of unbranched alkanes of at least 4 members (excludes halogenated alkanes) is 45. The zero-order chi connectivity index (χ0) is 51.3. The number of nitrogens with zero attached hydrogens (tertiary/aromatic N) is 1. The Morgan fingerprint density at radius 1 is 0.486 bits per heavy atom. The highest BCUT2D eigenvalue weighted by Crippen LogP contribution is 2.38. The minimum absolute atomic E-state index is 0.00273. The topological polar surface area (TPSA) is 108 Å². The first-order valence-electron chi connectivity index (χ1n) is 31.1. The molecule has 1 amide bonds. The highest BCUT2D eigenvalue weighted by atomic mass is 31.2. The van der Waals surface area contributed by atoms with Crippen LogP contribution in [0.25, 0.3) is 0 Å². The fourth-order valence-electron chi connectivity index (χ4n) is 9.63. The zero-order valence-corrected chi connectivity index (χ0v) is 48.6. The van der Waals surface area contributed by atoms with Crippen LogP contribution < -0.4 is 10.2 Å². The summed E-state index contributed by atoms with van der Waals surface area (Å²) in [6.07, 6.45) is 65.9. The van der Waals surface area contributed by atoms with Gasteiger partial charge >= 0.3 is 0 Å². The molecule has 3 atom stereocenters. The third-order valence-electron chi connectivity index (χ3n) is 14.5. The van der Waals surface area contributed by atoms with Crippen molar-refractivity contribution in [1.82, 2.24) is 5.32 Å². The molecule has 0 rings (SSSR count). The van der Waals surface area contributed by atoms with Gasteiger partial charge in [0.15, 0.2) is 0 Å². The fourth-order valence-corrected chi connectivity index (χ4v) is 10.4. The third kappa shape index (κ3) is 55.0. The molecule has 0 radical (unpaired) electrons. The number of hydrogen-bond acceptors (Lipinski definition) is 6. The first-order valence-corrected chi connectivity index (χ1v) is 32.5. The number of rotatable bonds is 58. The predicted molar refractivity (Wildman–Crippen MR) is 302 cm³/mol. The average Bonchev–Trinajstić information content (AvgIpc) is 3.32. The second-order valence-corrected chi connectivity index (χ2v) is 24.2. The number of phosphoric acid groups is 1. The average molecular weight is 1010 g/mol. The van der Waals surface area contributed by atoms with Gasteiger partial charge in [-0.05, 0) is 19.3 Å². The van der Waals surface area contributed by atoms with Crippen molar-refractivity contribution in [1.29, 1.82) is 0 Å². The van der Waals surface area contributed by atoms with E-state index in [1.165, 1.54) is 263 Å². The molecule has 0 spiro atoms. The number of nitrogens with one attached hydrogen (secondary N) is 1. The highest BCUT2D eigenvalue weighted by molar-refractivity contribution is 7.45. The van der Waals surface area contributed by atoms with E-state index in [1.807, 2.05) is 27.2 Å². The molecule has 0 saturated carbocycles. The van der Waals surface area contributed by atoms with Crippen LogP contribution in [-0.4, -0.2) is 68.5 Å². The molecule has 0 heterocycles. The highest BCUT2D eigenvalue weighted by Gasteiger charge is 2.23. The maximum Gasteiger partial charge on any atom is 0.268 e. The summed E-state index contributed by atoms with van der Waals surface area (Å²) in [4.78, 5) is 25.5. The SMILES string of the molecule is CCCCCCCCCCCCCCCCCCCCCCCCCCCCCCC/C=C/C(O)C(COP(=O)([O-])OCC[N+](C)(C)C)NC(=O)CCCCCCCCCCCCCCCCCCC. The van der Waals surface area contributed by atoms with Gasteiger partial charge in [0.05, 0.1) is 39.9 Å². The van der Waals surface area contributed by atoms with Crippen molar-refractivity contribution >= 4 is 13.7 Å². The van der Waals surface area contributed by atoms with Gasteiger partial charge in [-0.2, -0.15) is 0 Å². The van der Waals surface area contributed by atoms with Gasteiger partial charge in [-0.1, -0.05) is 309 Å². The van der Waals surface area contributed by atoms with E-state index >= 15 is 0 Å². The number of aliphatic hydroxyl groups excluding tert-OH is 1. The van der Waals surface area contributed by atoms with Gasteiger partial charge in [-0.3, -0.25) is 9.36 Å². The second-order valence-electron chi connectivity index (χ2n) is 22.8. The second kappa shape index (κ2) is 53.1. The number of hydrogen-bond donors (Lipinski definition) is 2. The van der Waals surface area contributed by atoms with E-state index in [4.69, 9.17) is 9.05 Å². The smallest absolute Gasteiger partial charge is 0.268 e. The molecular formula is C61H123N2O6P. The standard InChI is InChI=1S/C61H123N2O6P/c1-6-8-10-12-14-16-18-20-22-24-25-26-27-28-29-30-31-32-33-34-35-36-37-39-40-42-44-46-48-50-52-54-60(64)59(58-69-70(66,67)68-57-56-63(3,4)5)62-61(65)55-53-51-49-47-45-43-41-38-23-21-19-17-15-13-11-9-7-2/h52,54,59-60,64H,6-51,53,55-58H2,1-5H3,(H-,62,65,66,67)/b54-52+. The Kier molecular flexibility index (Phi) is 52.5. The van der Waals surface area contributed by atoms with Crippen LogP contribution in [0, 0.1) is 0 Å². The Morgan fingerprint density at radius 2 is 0.771 bits per heavy atom. The molecule has 418 valence electrons. The largest absolute Gasteiger partial charge is 0.756 e. The Bertz CT molecular complexity index is 1150. The number of aliphatic hydroxyl groups is 1. The Balaban J connectivity index is 4.06. The van der Waals surface area contributed by atoms with Gasteiger partial charge in [-0.25, -0.2) is 0 Å². The first-order chi connectivity index (χ1) is 34.0. The van der Waals surface area contributed by atoms with E-state index in [0.29, 0.717) is 17.4 Å². The van der Waals surface area contributed by atoms with Crippen LogP contribution in [0.1, 0.15) is 322 Å². The van der Waals surface area contributed by atoms with Crippen molar-refractivity contribution in [2.45, 2.75) is 334 Å². The summed E-state index contributed by atoms with van der Waals surface area (Å²) in [6.45, 7) is 4.70. The lowest BCUT2D eigenvalue weighted by Crippen LogP contribution is -2.45. The predicted octanol–water partition coefficient (Wildman–Crippen LogP) is 18.4. The molecule has 0 aliphatic carbocycles. The van der Waals surface area contributed by atoms with Gasteiger partial charge in [0, 0.05) is 6.42 Å². The van der Waals surface area contributed by atoms with E-state index < -0.39 is 20.0 Å². The number of carbonyl (C=O) groups is 1. The molecule has 2 N–H and O–H groups in total. The van der Waals surface area contributed by atoms with Crippen LogP contribution in [0.4, 0.5) is 0 Å². The van der Waals surface area contributed by atoms with Gasteiger partial charge in [-0.15, -0.1) is 0 Å². The molecule has 0 aliphatic heterocycles. The molecular weight excluding hydrogens is 888 g/mol. The summed E-state index contributed by atoms with van der Waals surface area (Å²) in [6, 6.07) is -0.882. The Hall–Kier alpha value is -0.760. The van der Waals surface area contributed by atoms with Crippen LogP contribution in [0.15, 0.2) is 12.2 Å². The van der Waals surface area contributed by atoms with Crippen LogP contribution >= 0.6 is 7.82 Å². The first kappa shape index (κ1) is 69.2. The number of phosphoric ester groups is 1. The normalized spacial score (nSPS) is 13.9. The molecule has 0 fully saturated rings. The maximum atomic E-state index is 13.0. The van der Waals surface area contributed by atoms with Crippen molar-refractivity contribution in [2.24, 2.45) is 0 Å². The van der Waals surface area contributed by atoms with Crippen LogP contribution in [0.3, 0.4) is 0 Å². The summed E-state index contributed by atoms with van der Waals surface area (Å²) in [5, 5.41) is 13.9. The summed E-state index contributed by atoms with van der Waals surface area (Å²) < 4.78 is 23.4. The van der Waals surface area contributed by atoms with Crippen molar-refractivity contribution in [2.75, 3.05) is 40.9 Å². The molecule has 9 heteroatoms. The Labute approximate surface area is 437 Å². The number of quaternary nitrogens is 1. The minimum Gasteiger partial charge on any atom is -0.756 e. The van der Waals surface area contributed by atoms with Crippen molar-refractivity contribution < 1.29 is 32.9 Å². The summed E-state index contributed by atoms with van der Waals surface area (Å²) in [5.74, 6) is -0.190. The molecule has 3 unspecified atom stereocenters. The third-order valence-corrected chi connectivity index (χ3v) is 15.5. The number of allylic oxidation sites excluding steroid dienone is 1. The van der Waals surface area contributed by atoms with Crippen molar-refractivity contribution in [3.63, 3.8) is 0 Å². The summed E-state index contributed by atoms with van der Waals surface area (Å²) in [7, 11) is 1.28. The van der Waals surface area contributed by atoms with Gasteiger partial charge in [0.1, 0.15) is 13.2 Å². The molecule has 0 aromatic carbocycles. The lowest BCUT2D eigenvalue weighted by Gasteiger charge is -2.29.